The number of nitriles is 1. The molecule has 2 aliphatic rings. The monoisotopic (exact) mass is 305 g/mol. The average molecular weight is 305 g/mol. The Morgan fingerprint density at radius 2 is 2.00 bits per heavy atom. The van der Waals surface area contributed by atoms with Gasteiger partial charge in [-0.25, -0.2) is 4.39 Å². The van der Waals surface area contributed by atoms with Crippen molar-refractivity contribution in [2.45, 2.75) is 0 Å². The van der Waals surface area contributed by atoms with Crippen molar-refractivity contribution >= 4 is 5.69 Å². The third kappa shape index (κ3) is 2.93. The van der Waals surface area contributed by atoms with E-state index in [2.05, 4.69) is 4.90 Å². The Morgan fingerprint density at radius 3 is 2.50 bits per heavy atom. The summed E-state index contributed by atoms with van der Waals surface area (Å²) in [5, 5.41) is 18.3. The van der Waals surface area contributed by atoms with E-state index in [0.29, 0.717) is 24.5 Å². The van der Waals surface area contributed by atoms with E-state index in [1.807, 2.05) is 11.0 Å². The first-order valence-corrected chi connectivity index (χ1v) is 7.51. The Morgan fingerprint density at radius 1 is 1.27 bits per heavy atom. The molecule has 0 spiro atoms. The quantitative estimate of drug-likeness (QED) is 0.893. The number of halogens is 1. The van der Waals surface area contributed by atoms with Crippen molar-refractivity contribution in [1.82, 2.24) is 4.90 Å². The molecule has 118 valence electrons. The van der Waals surface area contributed by atoms with Gasteiger partial charge in [-0.15, -0.1) is 0 Å². The molecule has 3 rings (SSSR count). The van der Waals surface area contributed by atoms with Gasteiger partial charge in [0.25, 0.3) is 0 Å². The molecule has 0 saturated carbocycles. The topological polar surface area (TPSA) is 59.7 Å². The number of hydrogen-bond donors (Lipinski definition) is 1. The van der Waals surface area contributed by atoms with Crippen molar-refractivity contribution in [2.75, 3.05) is 57.4 Å². The Hall–Kier alpha value is -1.68. The van der Waals surface area contributed by atoms with E-state index in [-0.39, 0.29) is 17.8 Å². The second-order valence-corrected chi connectivity index (χ2v) is 6.19. The van der Waals surface area contributed by atoms with Crippen LogP contribution in [0.15, 0.2) is 18.2 Å². The number of hydrogen-bond acceptors (Lipinski definition) is 5. The zero-order valence-corrected chi connectivity index (χ0v) is 12.5. The summed E-state index contributed by atoms with van der Waals surface area (Å²) < 4.78 is 19.3. The lowest BCUT2D eigenvalue weighted by Gasteiger charge is -2.45. The second kappa shape index (κ2) is 6.21. The summed E-state index contributed by atoms with van der Waals surface area (Å²) in [6, 6.07) is 6.56. The van der Waals surface area contributed by atoms with Crippen LogP contribution < -0.4 is 4.90 Å². The number of rotatable bonds is 4. The van der Waals surface area contributed by atoms with Gasteiger partial charge in [-0.2, -0.15) is 5.26 Å². The summed E-state index contributed by atoms with van der Waals surface area (Å²) >= 11 is 0. The Balaban J connectivity index is 1.59. The highest BCUT2D eigenvalue weighted by atomic mass is 19.1. The smallest absolute Gasteiger partial charge is 0.147 e. The minimum absolute atomic E-state index is 0.109. The lowest BCUT2D eigenvalue weighted by molar-refractivity contribution is -0.148. The normalized spacial score (nSPS) is 21.2. The van der Waals surface area contributed by atoms with E-state index in [9.17, 15) is 9.50 Å². The first-order chi connectivity index (χ1) is 10.7. The van der Waals surface area contributed by atoms with Crippen LogP contribution in [-0.2, 0) is 4.74 Å². The van der Waals surface area contributed by atoms with E-state index in [1.165, 1.54) is 6.07 Å². The van der Waals surface area contributed by atoms with Crippen molar-refractivity contribution in [2.24, 2.45) is 5.41 Å². The molecule has 0 radical (unpaired) electrons. The summed E-state index contributed by atoms with van der Waals surface area (Å²) in [6.45, 7) is 5.37. The van der Waals surface area contributed by atoms with E-state index < -0.39 is 0 Å². The number of aliphatic hydroxyl groups is 1. The number of anilines is 1. The first-order valence-electron chi connectivity index (χ1n) is 7.51. The van der Waals surface area contributed by atoms with Gasteiger partial charge in [-0.1, -0.05) is 0 Å². The third-order valence-electron chi connectivity index (χ3n) is 4.50. The van der Waals surface area contributed by atoms with Gasteiger partial charge in [0.1, 0.15) is 5.82 Å². The predicted molar refractivity (Wildman–Crippen MR) is 80.1 cm³/mol. The molecule has 2 saturated heterocycles. The number of piperazine rings is 1. The molecule has 1 aromatic carbocycles. The molecule has 0 aliphatic carbocycles. The van der Waals surface area contributed by atoms with Crippen molar-refractivity contribution in [3.8, 4) is 6.07 Å². The minimum atomic E-state index is -0.341. The summed E-state index contributed by atoms with van der Waals surface area (Å²) in [5.41, 5.74) is 0.791. The van der Waals surface area contributed by atoms with Crippen molar-refractivity contribution in [3.05, 3.63) is 29.6 Å². The van der Waals surface area contributed by atoms with Crippen molar-refractivity contribution in [3.63, 3.8) is 0 Å². The number of benzene rings is 1. The minimum Gasteiger partial charge on any atom is -0.396 e. The van der Waals surface area contributed by atoms with Gasteiger partial charge in [0.15, 0.2) is 0 Å². The van der Waals surface area contributed by atoms with Gasteiger partial charge in [-0.3, -0.25) is 4.90 Å². The fourth-order valence-corrected chi connectivity index (χ4v) is 3.08. The lowest BCUT2D eigenvalue weighted by Crippen LogP contribution is -2.57. The summed E-state index contributed by atoms with van der Waals surface area (Å²) in [4.78, 5) is 4.31. The Bertz CT molecular complexity index is 570. The first kappa shape index (κ1) is 15.2. The van der Waals surface area contributed by atoms with Gasteiger partial charge < -0.3 is 14.7 Å². The fraction of sp³-hybridized carbons (Fsp3) is 0.562. The molecule has 0 aromatic heterocycles. The highest BCUT2D eigenvalue weighted by Gasteiger charge is 2.40. The largest absolute Gasteiger partial charge is 0.396 e. The second-order valence-electron chi connectivity index (χ2n) is 6.19. The van der Waals surface area contributed by atoms with Crippen molar-refractivity contribution < 1.29 is 14.2 Å². The van der Waals surface area contributed by atoms with E-state index in [0.717, 1.165) is 32.7 Å². The van der Waals surface area contributed by atoms with Crippen LogP contribution in [0.5, 0.6) is 0 Å². The molecule has 2 heterocycles. The van der Waals surface area contributed by atoms with E-state index in [1.54, 1.807) is 12.1 Å². The van der Waals surface area contributed by atoms with E-state index in [4.69, 9.17) is 10.00 Å². The SMILES string of the molecule is N#Cc1ccc(N2CCN(CC3(CO)COC3)CC2)c(F)c1. The molecule has 1 aromatic rings. The molecule has 1 N–H and O–H groups in total. The predicted octanol–water partition coefficient (Wildman–Crippen LogP) is 0.828. The Kier molecular flexibility index (Phi) is 4.30. The third-order valence-corrected chi connectivity index (χ3v) is 4.50. The van der Waals surface area contributed by atoms with Crippen LogP contribution in [0.1, 0.15) is 5.56 Å². The maximum absolute atomic E-state index is 14.1. The molecule has 5 nitrogen and oxygen atoms in total. The van der Waals surface area contributed by atoms with Crippen LogP contribution >= 0.6 is 0 Å². The van der Waals surface area contributed by atoms with Crippen LogP contribution in [0.25, 0.3) is 0 Å². The molecule has 0 bridgehead atoms. The number of nitrogens with zero attached hydrogens (tertiary/aromatic N) is 3. The van der Waals surface area contributed by atoms with Gasteiger partial charge in [-0.05, 0) is 18.2 Å². The van der Waals surface area contributed by atoms with Gasteiger partial charge in [0.05, 0.1) is 42.6 Å². The van der Waals surface area contributed by atoms with Crippen LogP contribution in [0.4, 0.5) is 10.1 Å². The van der Waals surface area contributed by atoms with Crippen molar-refractivity contribution in [1.29, 1.82) is 5.26 Å². The Labute approximate surface area is 129 Å². The lowest BCUT2D eigenvalue weighted by atomic mass is 9.86. The average Bonchev–Trinajstić information content (AvgIpc) is 2.51. The van der Waals surface area contributed by atoms with Crippen LogP contribution in [0, 0.1) is 22.6 Å². The molecule has 2 fully saturated rings. The fourth-order valence-electron chi connectivity index (χ4n) is 3.08. The number of ether oxygens (including phenoxy) is 1. The standard InChI is InChI=1S/C16H20FN3O2/c17-14-7-13(8-18)1-2-15(14)20-5-3-19(4-6-20)9-16(10-21)11-22-12-16/h1-2,7,21H,3-6,9-12H2. The zero-order valence-electron chi connectivity index (χ0n) is 12.5. The van der Waals surface area contributed by atoms with Gasteiger partial charge in [0, 0.05) is 32.7 Å². The van der Waals surface area contributed by atoms with Gasteiger partial charge in [0.2, 0.25) is 0 Å². The molecule has 0 atom stereocenters. The molecular weight excluding hydrogens is 285 g/mol. The summed E-state index contributed by atoms with van der Waals surface area (Å²) in [5.74, 6) is -0.341. The van der Waals surface area contributed by atoms with E-state index >= 15 is 0 Å². The van der Waals surface area contributed by atoms with Crippen LogP contribution in [0.3, 0.4) is 0 Å². The van der Waals surface area contributed by atoms with Gasteiger partial charge >= 0.3 is 0 Å². The molecular formula is C16H20FN3O2. The highest BCUT2D eigenvalue weighted by Crippen LogP contribution is 2.29. The zero-order chi connectivity index (χ0) is 15.6. The molecule has 0 amide bonds. The summed E-state index contributed by atoms with van der Waals surface area (Å²) in [7, 11) is 0. The molecule has 0 unspecified atom stereocenters. The van der Waals surface area contributed by atoms with Crippen LogP contribution in [0.2, 0.25) is 0 Å². The maximum Gasteiger partial charge on any atom is 0.147 e. The molecule has 6 heteroatoms. The van der Waals surface area contributed by atoms with Crippen LogP contribution in [-0.4, -0.2) is 62.6 Å². The molecule has 2 aliphatic heterocycles. The highest BCUT2D eigenvalue weighted by molar-refractivity contribution is 5.51. The molecule has 22 heavy (non-hydrogen) atoms. The maximum atomic E-state index is 14.1. The number of aliphatic hydroxyl groups excluding tert-OH is 1. The summed E-state index contributed by atoms with van der Waals surface area (Å²) in [6.07, 6.45) is 0.